The normalized spacial score (nSPS) is 17.1. The number of aryl methyl sites for hydroxylation is 2. The van der Waals surface area contributed by atoms with E-state index in [-0.39, 0.29) is 24.1 Å². The molecule has 0 saturated carbocycles. The smallest absolute Gasteiger partial charge is 0.253 e. The lowest BCUT2D eigenvalue weighted by atomic mass is 10.1. The number of rotatable bonds is 5. The summed E-state index contributed by atoms with van der Waals surface area (Å²) in [4.78, 5) is 29.8. The van der Waals surface area contributed by atoms with Crippen LogP contribution in [0.5, 0.6) is 5.75 Å². The lowest BCUT2D eigenvalue weighted by Crippen LogP contribution is -2.28. The predicted molar refractivity (Wildman–Crippen MR) is 105 cm³/mol. The molecule has 1 saturated heterocycles. The molecule has 144 valence electrons. The van der Waals surface area contributed by atoms with Crippen molar-refractivity contribution < 1.29 is 9.53 Å². The Kier molecular flexibility index (Phi) is 5.65. The molecule has 1 aliphatic heterocycles. The monoisotopic (exact) mass is 369 g/mol. The van der Waals surface area contributed by atoms with Crippen LogP contribution in [-0.2, 0) is 6.54 Å². The zero-order chi connectivity index (χ0) is 19.6. The van der Waals surface area contributed by atoms with E-state index in [2.05, 4.69) is 22.2 Å². The number of nitrogens with zero attached hydrogens (tertiary/aromatic N) is 1. The van der Waals surface area contributed by atoms with Gasteiger partial charge in [-0.25, -0.2) is 0 Å². The number of aromatic amines is 1. The number of hydrogen-bond donors (Lipinski definition) is 2. The summed E-state index contributed by atoms with van der Waals surface area (Å²) in [5, 5.41) is 2.86. The maximum absolute atomic E-state index is 12.7. The van der Waals surface area contributed by atoms with Crippen LogP contribution < -0.4 is 15.6 Å². The minimum Gasteiger partial charge on any atom is -0.489 e. The Balaban J connectivity index is 1.72. The van der Waals surface area contributed by atoms with E-state index in [1.165, 1.54) is 0 Å². The molecule has 27 heavy (non-hydrogen) atoms. The first-order valence-corrected chi connectivity index (χ1v) is 9.27. The minimum absolute atomic E-state index is 0.153. The Hall–Kier alpha value is -2.60. The maximum atomic E-state index is 12.7. The number of carbonyl (C=O) groups excluding carboxylic acids is 1. The van der Waals surface area contributed by atoms with Crippen LogP contribution in [0, 0.1) is 20.8 Å². The second kappa shape index (κ2) is 7.96. The Morgan fingerprint density at radius 3 is 2.78 bits per heavy atom. The van der Waals surface area contributed by atoms with Gasteiger partial charge in [-0.2, -0.15) is 0 Å². The van der Waals surface area contributed by atoms with E-state index in [0.29, 0.717) is 11.1 Å². The first kappa shape index (κ1) is 19.2. The Labute approximate surface area is 159 Å². The number of benzene rings is 1. The highest BCUT2D eigenvalue weighted by Crippen LogP contribution is 2.24. The van der Waals surface area contributed by atoms with Crippen molar-refractivity contribution in [1.29, 1.82) is 0 Å². The molecule has 1 aromatic carbocycles. The summed E-state index contributed by atoms with van der Waals surface area (Å²) in [5.74, 6) is 0.535. The van der Waals surface area contributed by atoms with Crippen LogP contribution in [0.15, 0.2) is 29.1 Å². The minimum atomic E-state index is -0.208. The molecule has 1 aromatic heterocycles. The molecule has 2 heterocycles. The number of H-pyrrole nitrogens is 1. The average Bonchev–Trinajstić information content (AvgIpc) is 3.00. The highest BCUT2D eigenvalue weighted by Gasteiger charge is 2.22. The van der Waals surface area contributed by atoms with Gasteiger partial charge in [0.15, 0.2) is 0 Å². The first-order chi connectivity index (χ1) is 12.8. The van der Waals surface area contributed by atoms with Gasteiger partial charge in [0.1, 0.15) is 11.9 Å². The number of likely N-dealkylation sites (N-methyl/N-ethyl adjacent to an activating group) is 1. The van der Waals surface area contributed by atoms with Crippen LogP contribution in [0.25, 0.3) is 0 Å². The van der Waals surface area contributed by atoms with E-state index in [1.807, 2.05) is 39.0 Å². The molecule has 0 bridgehead atoms. The molecule has 6 heteroatoms. The maximum Gasteiger partial charge on any atom is 0.253 e. The zero-order valence-electron chi connectivity index (χ0n) is 16.4. The van der Waals surface area contributed by atoms with Crippen LogP contribution in [0.3, 0.4) is 0 Å². The predicted octanol–water partition coefficient (Wildman–Crippen LogP) is 2.31. The van der Waals surface area contributed by atoms with Crippen LogP contribution >= 0.6 is 0 Å². The van der Waals surface area contributed by atoms with Crippen molar-refractivity contribution >= 4 is 5.91 Å². The fourth-order valence-electron chi connectivity index (χ4n) is 3.52. The van der Waals surface area contributed by atoms with Gasteiger partial charge in [-0.15, -0.1) is 0 Å². The molecule has 6 nitrogen and oxygen atoms in total. The number of pyridine rings is 1. The van der Waals surface area contributed by atoms with Crippen LogP contribution in [0.1, 0.15) is 39.2 Å². The summed E-state index contributed by atoms with van der Waals surface area (Å²) >= 11 is 0. The summed E-state index contributed by atoms with van der Waals surface area (Å²) in [7, 11) is 2.08. The quantitative estimate of drug-likeness (QED) is 0.848. The Morgan fingerprint density at radius 1 is 1.33 bits per heavy atom. The summed E-state index contributed by atoms with van der Waals surface area (Å²) in [5.41, 5.74) is 3.49. The zero-order valence-corrected chi connectivity index (χ0v) is 16.4. The van der Waals surface area contributed by atoms with Crippen molar-refractivity contribution in [2.45, 2.75) is 39.8 Å². The van der Waals surface area contributed by atoms with Crippen LogP contribution in [-0.4, -0.2) is 42.0 Å². The van der Waals surface area contributed by atoms with Crippen molar-refractivity contribution in [2.24, 2.45) is 0 Å². The summed E-state index contributed by atoms with van der Waals surface area (Å²) in [6.07, 6.45) is 1.14. The molecular weight excluding hydrogens is 342 g/mol. The van der Waals surface area contributed by atoms with Crippen molar-refractivity contribution in [1.82, 2.24) is 15.2 Å². The van der Waals surface area contributed by atoms with E-state index in [0.717, 1.165) is 42.1 Å². The van der Waals surface area contributed by atoms with Crippen LogP contribution in [0.4, 0.5) is 0 Å². The molecule has 3 rings (SSSR count). The SMILES string of the molecule is Cc1cc(C)c(CNC(=O)c2cccc(OC3CCN(C)C3)c2C)c(=O)[nH]1. The number of ether oxygens (including phenoxy) is 1. The number of amides is 1. The fourth-order valence-corrected chi connectivity index (χ4v) is 3.52. The van der Waals surface area contributed by atoms with Gasteiger partial charge >= 0.3 is 0 Å². The molecule has 1 fully saturated rings. The molecule has 1 unspecified atom stereocenters. The topological polar surface area (TPSA) is 74.4 Å². The summed E-state index contributed by atoms with van der Waals surface area (Å²) < 4.78 is 6.10. The molecule has 1 atom stereocenters. The van der Waals surface area contributed by atoms with Crippen molar-refractivity contribution in [3.8, 4) is 5.75 Å². The largest absolute Gasteiger partial charge is 0.489 e. The molecule has 2 aromatic rings. The van der Waals surface area contributed by atoms with Gasteiger partial charge in [0, 0.05) is 42.0 Å². The van der Waals surface area contributed by atoms with E-state index in [1.54, 1.807) is 6.07 Å². The molecule has 1 amide bonds. The number of carbonyl (C=O) groups is 1. The van der Waals surface area contributed by atoms with Gasteiger partial charge in [-0.3, -0.25) is 9.59 Å². The number of hydrogen-bond acceptors (Lipinski definition) is 4. The van der Waals surface area contributed by atoms with E-state index >= 15 is 0 Å². The molecule has 1 aliphatic rings. The van der Waals surface area contributed by atoms with E-state index in [9.17, 15) is 9.59 Å². The van der Waals surface area contributed by atoms with Gasteiger partial charge < -0.3 is 19.9 Å². The highest BCUT2D eigenvalue weighted by atomic mass is 16.5. The van der Waals surface area contributed by atoms with Gasteiger partial charge in [0.25, 0.3) is 11.5 Å². The third kappa shape index (κ3) is 4.39. The van der Waals surface area contributed by atoms with Crippen molar-refractivity contribution in [3.05, 3.63) is 62.6 Å². The number of likely N-dealkylation sites (tertiary alicyclic amines) is 1. The lowest BCUT2D eigenvalue weighted by molar-refractivity contribution is 0.0949. The molecule has 0 spiro atoms. The fraction of sp³-hybridized carbons (Fsp3) is 0.429. The lowest BCUT2D eigenvalue weighted by Gasteiger charge is -2.17. The second-order valence-electron chi connectivity index (χ2n) is 7.35. The van der Waals surface area contributed by atoms with Gasteiger partial charge in [0.05, 0.1) is 0 Å². The third-order valence-corrected chi connectivity index (χ3v) is 5.09. The molecule has 0 radical (unpaired) electrons. The standard InChI is InChI=1S/C21H27N3O3/c1-13-10-14(2)23-21(26)18(13)11-22-20(25)17-6-5-7-19(15(17)3)27-16-8-9-24(4)12-16/h5-7,10,16H,8-9,11-12H2,1-4H3,(H,22,25)(H,23,26). The first-order valence-electron chi connectivity index (χ1n) is 9.27. The molecule has 0 aliphatic carbocycles. The van der Waals surface area contributed by atoms with Crippen molar-refractivity contribution in [2.75, 3.05) is 20.1 Å². The van der Waals surface area contributed by atoms with E-state index in [4.69, 9.17) is 4.74 Å². The van der Waals surface area contributed by atoms with Gasteiger partial charge in [-0.05, 0) is 58.0 Å². The Morgan fingerprint density at radius 2 is 2.11 bits per heavy atom. The average molecular weight is 369 g/mol. The molecule has 2 N–H and O–H groups in total. The van der Waals surface area contributed by atoms with Gasteiger partial charge in [-0.1, -0.05) is 6.07 Å². The Bertz CT molecular complexity index is 904. The van der Waals surface area contributed by atoms with Crippen molar-refractivity contribution in [3.63, 3.8) is 0 Å². The van der Waals surface area contributed by atoms with Gasteiger partial charge in [0.2, 0.25) is 0 Å². The van der Waals surface area contributed by atoms with Crippen LogP contribution in [0.2, 0.25) is 0 Å². The molecular formula is C21H27N3O3. The number of nitrogens with one attached hydrogen (secondary N) is 2. The summed E-state index contributed by atoms with van der Waals surface area (Å²) in [6, 6.07) is 7.42. The number of aromatic nitrogens is 1. The second-order valence-corrected chi connectivity index (χ2v) is 7.35. The third-order valence-electron chi connectivity index (χ3n) is 5.09. The van der Waals surface area contributed by atoms with E-state index < -0.39 is 0 Å². The highest BCUT2D eigenvalue weighted by molar-refractivity contribution is 5.96. The summed E-state index contributed by atoms with van der Waals surface area (Å²) in [6.45, 7) is 7.72.